The molecule has 2 N–H and O–H groups in total. The van der Waals surface area contributed by atoms with Crippen molar-refractivity contribution in [3.05, 3.63) is 51.5 Å². The van der Waals surface area contributed by atoms with E-state index in [-0.39, 0.29) is 0 Å². The second kappa shape index (κ2) is 5.13. The van der Waals surface area contributed by atoms with Crippen molar-refractivity contribution in [1.29, 1.82) is 0 Å². The molecule has 2 aromatic heterocycles. The first-order valence-electron chi connectivity index (χ1n) is 5.92. The minimum Gasteiger partial charge on any atom is -0.396 e. The minimum absolute atomic E-state index is 0.492. The number of hydrogen-bond acceptors (Lipinski definition) is 3. The number of benzene rings is 1. The maximum Gasteiger partial charge on any atom is 0.126 e. The Balaban J connectivity index is 2.06. The number of nitrogens with zero attached hydrogens (tertiary/aromatic N) is 2. The number of nitrogens with two attached hydrogens (primary N) is 1. The summed E-state index contributed by atoms with van der Waals surface area (Å²) in [4.78, 5) is 2.28. The van der Waals surface area contributed by atoms with Gasteiger partial charge in [0.2, 0.25) is 0 Å². The molecule has 6 heteroatoms. The Morgan fingerprint density at radius 1 is 1.15 bits per heavy atom. The monoisotopic (exact) mass is 323 g/mol. The van der Waals surface area contributed by atoms with Crippen LogP contribution in [0, 0.1) is 6.92 Å². The van der Waals surface area contributed by atoms with Gasteiger partial charge in [-0.15, -0.1) is 11.3 Å². The summed E-state index contributed by atoms with van der Waals surface area (Å²) in [6.07, 6.45) is 1.78. The van der Waals surface area contributed by atoms with Crippen LogP contribution in [0.4, 0.5) is 5.69 Å². The fourth-order valence-electron chi connectivity index (χ4n) is 1.90. The third-order valence-electron chi connectivity index (χ3n) is 2.88. The van der Waals surface area contributed by atoms with E-state index >= 15 is 0 Å². The minimum atomic E-state index is 0.492. The summed E-state index contributed by atoms with van der Waals surface area (Å²) in [6.45, 7) is 2.06. The van der Waals surface area contributed by atoms with Gasteiger partial charge in [0, 0.05) is 4.88 Å². The number of nitrogen functional groups attached to an aromatic ring is 1. The molecule has 102 valence electrons. The van der Waals surface area contributed by atoms with Gasteiger partial charge in [-0.2, -0.15) is 5.10 Å². The normalized spacial score (nSPS) is 10.9. The third-order valence-corrected chi connectivity index (χ3v) is 4.63. The van der Waals surface area contributed by atoms with Gasteiger partial charge >= 0.3 is 0 Å². The van der Waals surface area contributed by atoms with Crippen LogP contribution in [0.25, 0.3) is 16.3 Å². The van der Waals surface area contributed by atoms with Crippen LogP contribution in [-0.2, 0) is 0 Å². The van der Waals surface area contributed by atoms with Gasteiger partial charge in [0.25, 0.3) is 0 Å². The topological polar surface area (TPSA) is 43.8 Å². The number of anilines is 1. The molecule has 0 aliphatic heterocycles. The Kier molecular flexibility index (Phi) is 3.46. The molecule has 0 bridgehead atoms. The van der Waals surface area contributed by atoms with E-state index in [4.69, 9.17) is 28.9 Å². The van der Waals surface area contributed by atoms with Gasteiger partial charge in [-0.25, -0.2) is 4.68 Å². The maximum atomic E-state index is 6.05. The lowest BCUT2D eigenvalue weighted by atomic mass is 10.3. The van der Waals surface area contributed by atoms with Crippen LogP contribution in [-0.4, -0.2) is 9.78 Å². The molecule has 0 aliphatic rings. The lowest BCUT2D eigenvalue weighted by Crippen LogP contribution is -1.94. The standard InChI is InChI=1S/C14H11Cl2N3S/c1-8-2-5-13(20-8)14-12(17)7-19(18-14)9-3-4-10(15)11(16)6-9/h2-7H,17H2,1H3. The van der Waals surface area contributed by atoms with Crippen LogP contribution >= 0.6 is 34.5 Å². The van der Waals surface area contributed by atoms with E-state index in [0.717, 1.165) is 16.3 Å². The Hall–Kier alpha value is -1.49. The van der Waals surface area contributed by atoms with Crippen molar-refractivity contribution in [1.82, 2.24) is 9.78 Å². The highest BCUT2D eigenvalue weighted by atomic mass is 35.5. The predicted molar refractivity (Wildman–Crippen MR) is 86.0 cm³/mol. The first kappa shape index (κ1) is 13.5. The van der Waals surface area contributed by atoms with E-state index in [2.05, 4.69) is 18.1 Å². The van der Waals surface area contributed by atoms with E-state index in [1.54, 1.807) is 34.3 Å². The number of halogens is 2. The summed E-state index contributed by atoms with van der Waals surface area (Å²) in [5, 5.41) is 5.55. The Morgan fingerprint density at radius 3 is 2.60 bits per heavy atom. The van der Waals surface area contributed by atoms with Gasteiger partial charge in [0.05, 0.1) is 32.5 Å². The molecule has 0 radical (unpaired) electrons. The molecule has 0 unspecified atom stereocenters. The summed E-state index contributed by atoms with van der Waals surface area (Å²) in [5.74, 6) is 0. The number of rotatable bonds is 2. The fourth-order valence-corrected chi connectivity index (χ4v) is 3.07. The molecule has 0 amide bonds. The summed E-state index contributed by atoms with van der Waals surface area (Å²) >= 11 is 13.6. The zero-order valence-corrected chi connectivity index (χ0v) is 12.9. The van der Waals surface area contributed by atoms with Gasteiger partial charge in [0.1, 0.15) is 5.69 Å². The highest BCUT2D eigenvalue weighted by molar-refractivity contribution is 7.15. The molecular formula is C14H11Cl2N3S. The molecule has 3 aromatic rings. The Labute approximate surface area is 130 Å². The number of aryl methyl sites for hydroxylation is 1. The largest absolute Gasteiger partial charge is 0.396 e. The maximum absolute atomic E-state index is 6.05. The van der Waals surface area contributed by atoms with Gasteiger partial charge < -0.3 is 5.73 Å². The zero-order chi connectivity index (χ0) is 14.3. The van der Waals surface area contributed by atoms with Crippen LogP contribution in [0.5, 0.6) is 0 Å². The summed E-state index contributed by atoms with van der Waals surface area (Å²) in [5.41, 5.74) is 8.30. The van der Waals surface area contributed by atoms with Crippen molar-refractivity contribution in [2.75, 3.05) is 5.73 Å². The predicted octanol–water partition coefficient (Wildman–Crippen LogP) is 4.80. The molecule has 0 saturated heterocycles. The van der Waals surface area contributed by atoms with Crippen molar-refractivity contribution in [3.8, 4) is 16.3 Å². The van der Waals surface area contributed by atoms with Crippen molar-refractivity contribution >= 4 is 40.2 Å². The molecule has 3 nitrogen and oxygen atoms in total. The molecule has 1 aromatic carbocycles. The molecule has 2 heterocycles. The first-order valence-corrected chi connectivity index (χ1v) is 7.49. The number of aromatic nitrogens is 2. The molecule has 3 rings (SSSR count). The van der Waals surface area contributed by atoms with Gasteiger partial charge in [-0.05, 0) is 37.3 Å². The van der Waals surface area contributed by atoms with E-state index in [1.807, 2.05) is 12.1 Å². The quantitative estimate of drug-likeness (QED) is 0.736. The van der Waals surface area contributed by atoms with Crippen molar-refractivity contribution < 1.29 is 0 Å². The fraction of sp³-hybridized carbons (Fsp3) is 0.0714. The smallest absolute Gasteiger partial charge is 0.126 e. The number of thiophene rings is 1. The highest BCUT2D eigenvalue weighted by Gasteiger charge is 2.12. The molecule has 0 fully saturated rings. The second-order valence-electron chi connectivity index (χ2n) is 4.39. The van der Waals surface area contributed by atoms with Crippen LogP contribution in [0.15, 0.2) is 36.5 Å². The van der Waals surface area contributed by atoms with E-state index in [0.29, 0.717) is 15.7 Å². The van der Waals surface area contributed by atoms with Crippen LogP contribution in [0.2, 0.25) is 10.0 Å². The average Bonchev–Trinajstić information content (AvgIpc) is 2.99. The number of hydrogen-bond donors (Lipinski definition) is 1. The van der Waals surface area contributed by atoms with Crippen molar-refractivity contribution in [2.24, 2.45) is 0 Å². The van der Waals surface area contributed by atoms with E-state index < -0.39 is 0 Å². The molecule has 0 atom stereocenters. The van der Waals surface area contributed by atoms with Gasteiger partial charge in [0.15, 0.2) is 0 Å². The summed E-state index contributed by atoms with van der Waals surface area (Å²) < 4.78 is 1.71. The molecule has 20 heavy (non-hydrogen) atoms. The van der Waals surface area contributed by atoms with E-state index in [1.165, 1.54) is 4.88 Å². The van der Waals surface area contributed by atoms with Gasteiger partial charge in [-0.3, -0.25) is 0 Å². The van der Waals surface area contributed by atoms with Crippen molar-refractivity contribution in [3.63, 3.8) is 0 Å². The molecule has 0 aliphatic carbocycles. The summed E-state index contributed by atoms with van der Waals surface area (Å²) in [6, 6.07) is 9.44. The molecular weight excluding hydrogens is 313 g/mol. The molecule has 0 saturated carbocycles. The van der Waals surface area contributed by atoms with Crippen LogP contribution in [0.1, 0.15) is 4.88 Å². The molecule has 0 spiro atoms. The summed E-state index contributed by atoms with van der Waals surface area (Å²) in [7, 11) is 0. The van der Waals surface area contributed by atoms with Crippen LogP contribution in [0.3, 0.4) is 0 Å². The lowest BCUT2D eigenvalue weighted by molar-refractivity contribution is 0.885. The average molecular weight is 324 g/mol. The Bertz CT molecular complexity index is 777. The highest BCUT2D eigenvalue weighted by Crippen LogP contribution is 2.32. The SMILES string of the molecule is Cc1ccc(-c2nn(-c3ccc(Cl)c(Cl)c3)cc2N)s1. The van der Waals surface area contributed by atoms with E-state index in [9.17, 15) is 0 Å². The van der Waals surface area contributed by atoms with Crippen molar-refractivity contribution in [2.45, 2.75) is 6.92 Å². The lowest BCUT2D eigenvalue weighted by Gasteiger charge is -2.02. The Morgan fingerprint density at radius 2 is 1.95 bits per heavy atom. The second-order valence-corrected chi connectivity index (χ2v) is 6.49. The van der Waals surface area contributed by atoms with Gasteiger partial charge in [-0.1, -0.05) is 23.2 Å². The van der Waals surface area contributed by atoms with Crippen LogP contribution < -0.4 is 5.73 Å². The zero-order valence-electron chi connectivity index (χ0n) is 10.6. The third kappa shape index (κ3) is 2.42. The first-order chi connectivity index (χ1) is 9.54.